The first-order valence-corrected chi connectivity index (χ1v) is 7.97. The number of hydrogen-bond acceptors (Lipinski definition) is 4. The zero-order valence-electron chi connectivity index (χ0n) is 12.6. The summed E-state index contributed by atoms with van der Waals surface area (Å²) in [6, 6.07) is 10.4. The Bertz CT molecular complexity index is 670. The van der Waals surface area contributed by atoms with Crippen LogP contribution >= 0.6 is 11.6 Å². The van der Waals surface area contributed by atoms with Crippen LogP contribution in [0.25, 0.3) is 0 Å². The van der Waals surface area contributed by atoms with Gasteiger partial charge in [0.2, 0.25) is 0 Å². The second kappa shape index (κ2) is 7.44. The number of pyridine rings is 1. The van der Waals surface area contributed by atoms with Crippen molar-refractivity contribution in [2.24, 2.45) is 0 Å². The van der Waals surface area contributed by atoms with Gasteiger partial charge in [-0.25, -0.2) is 4.98 Å². The average Bonchev–Trinajstić information content (AvgIpc) is 3.08. The van der Waals surface area contributed by atoms with Crippen LogP contribution in [-0.4, -0.2) is 30.1 Å². The number of ether oxygens (including phenoxy) is 1. The lowest BCUT2D eigenvalue weighted by Crippen LogP contribution is -2.18. The second-order valence-corrected chi connectivity index (χ2v) is 5.85. The summed E-state index contributed by atoms with van der Waals surface area (Å²) in [6.07, 6.45) is 4.19. The molecule has 1 amide bonds. The molecule has 6 heteroatoms. The quantitative estimate of drug-likeness (QED) is 0.879. The van der Waals surface area contributed by atoms with Gasteiger partial charge in [0, 0.05) is 23.7 Å². The average molecular weight is 332 g/mol. The van der Waals surface area contributed by atoms with Crippen LogP contribution in [0.5, 0.6) is 0 Å². The molecule has 2 heterocycles. The lowest BCUT2D eigenvalue weighted by Gasteiger charge is -2.12. The minimum absolute atomic E-state index is 0.236. The first-order chi connectivity index (χ1) is 11.2. The topological polar surface area (TPSA) is 63.2 Å². The number of amides is 1. The molecule has 2 aromatic rings. The van der Waals surface area contributed by atoms with Gasteiger partial charge in [-0.3, -0.25) is 4.79 Å². The van der Waals surface area contributed by atoms with Crippen molar-refractivity contribution in [2.75, 3.05) is 23.8 Å². The zero-order valence-corrected chi connectivity index (χ0v) is 13.3. The molecule has 0 aliphatic carbocycles. The van der Waals surface area contributed by atoms with Crippen LogP contribution in [0.2, 0.25) is 5.02 Å². The zero-order chi connectivity index (χ0) is 16.1. The minimum atomic E-state index is -0.236. The van der Waals surface area contributed by atoms with Gasteiger partial charge in [-0.05, 0) is 43.2 Å². The standard InChI is InChI=1S/C17H18ClN3O2/c18-13-4-1-3-12(9-13)17(22)21-16-7-6-14(10-20-16)19-11-15-5-2-8-23-15/h1,3-4,6-7,9-10,15,19H,2,5,8,11H2,(H,20,21,22). The Hall–Kier alpha value is -2.11. The molecular formula is C17H18ClN3O2. The van der Waals surface area contributed by atoms with Crippen LogP contribution < -0.4 is 10.6 Å². The van der Waals surface area contributed by atoms with E-state index < -0.39 is 0 Å². The Morgan fingerprint density at radius 2 is 2.26 bits per heavy atom. The van der Waals surface area contributed by atoms with Crippen molar-refractivity contribution >= 4 is 29.0 Å². The summed E-state index contributed by atoms with van der Waals surface area (Å²) >= 11 is 5.89. The maximum atomic E-state index is 12.1. The lowest BCUT2D eigenvalue weighted by molar-refractivity contribution is 0.102. The molecule has 2 N–H and O–H groups in total. The van der Waals surface area contributed by atoms with Gasteiger partial charge in [0.05, 0.1) is 18.0 Å². The number of carbonyl (C=O) groups is 1. The van der Waals surface area contributed by atoms with Crippen molar-refractivity contribution in [2.45, 2.75) is 18.9 Å². The number of nitrogens with one attached hydrogen (secondary N) is 2. The molecule has 1 saturated heterocycles. The van der Waals surface area contributed by atoms with Gasteiger partial charge in [0.15, 0.2) is 0 Å². The largest absolute Gasteiger partial charge is 0.381 e. The molecule has 1 aromatic heterocycles. The third-order valence-corrected chi connectivity index (χ3v) is 3.88. The van der Waals surface area contributed by atoms with Gasteiger partial charge in [0.1, 0.15) is 5.82 Å². The van der Waals surface area contributed by atoms with Crippen LogP contribution in [0.1, 0.15) is 23.2 Å². The van der Waals surface area contributed by atoms with Gasteiger partial charge in [-0.15, -0.1) is 0 Å². The van der Waals surface area contributed by atoms with Gasteiger partial charge in [0.25, 0.3) is 5.91 Å². The van der Waals surface area contributed by atoms with Crippen molar-refractivity contribution in [3.8, 4) is 0 Å². The van der Waals surface area contributed by atoms with Crippen LogP contribution in [0, 0.1) is 0 Å². The molecule has 5 nitrogen and oxygen atoms in total. The number of anilines is 2. The molecule has 3 rings (SSSR count). The van der Waals surface area contributed by atoms with E-state index in [0.717, 1.165) is 31.7 Å². The predicted molar refractivity (Wildman–Crippen MR) is 91.1 cm³/mol. The van der Waals surface area contributed by atoms with Gasteiger partial charge < -0.3 is 15.4 Å². The molecule has 1 fully saturated rings. The first-order valence-electron chi connectivity index (χ1n) is 7.59. The molecule has 1 aliphatic rings. The van der Waals surface area contributed by atoms with E-state index in [1.807, 2.05) is 6.07 Å². The number of halogens is 1. The highest BCUT2D eigenvalue weighted by Gasteiger charge is 2.14. The number of aromatic nitrogens is 1. The fraction of sp³-hybridized carbons (Fsp3) is 0.294. The molecule has 1 aromatic carbocycles. The summed E-state index contributed by atoms with van der Waals surface area (Å²) in [5.74, 6) is 0.262. The molecule has 23 heavy (non-hydrogen) atoms. The van der Waals surface area contributed by atoms with Gasteiger partial charge >= 0.3 is 0 Å². The highest BCUT2D eigenvalue weighted by Crippen LogP contribution is 2.16. The Morgan fingerprint density at radius 1 is 1.35 bits per heavy atom. The van der Waals surface area contributed by atoms with E-state index in [1.54, 1.807) is 36.5 Å². The number of carbonyl (C=O) groups excluding carboxylic acids is 1. The van der Waals surface area contributed by atoms with Crippen molar-refractivity contribution in [1.29, 1.82) is 0 Å². The molecule has 0 radical (unpaired) electrons. The molecule has 0 saturated carbocycles. The summed E-state index contributed by atoms with van der Waals surface area (Å²) in [6.45, 7) is 1.62. The third-order valence-electron chi connectivity index (χ3n) is 3.65. The van der Waals surface area contributed by atoms with Crippen molar-refractivity contribution < 1.29 is 9.53 Å². The summed E-state index contributed by atoms with van der Waals surface area (Å²) in [4.78, 5) is 16.4. The fourth-order valence-electron chi connectivity index (χ4n) is 2.43. The third kappa shape index (κ3) is 4.43. The number of hydrogen-bond donors (Lipinski definition) is 2. The van der Waals surface area contributed by atoms with E-state index in [2.05, 4.69) is 15.6 Å². The summed E-state index contributed by atoms with van der Waals surface area (Å²) < 4.78 is 5.56. The SMILES string of the molecule is O=C(Nc1ccc(NCC2CCCO2)cn1)c1cccc(Cl)c1. The van der Waals surface area contributed by atoms with E-state index in [4.69, 9.17) is 16.3 Å². The van der Waals surface area contributed by atoms with Crippen molar-refractivity contribution in [3.63, 3.8) is 0 Å². The fourth-order valence-corrected chi connectivity index (χ4v) is 2.62. The number of nitrogens with zero attached hydrogens (tertiary/aromatic N) is 1. The lowest BCUT2D eigenvalue weighted by atomic mass is 10.2. The first kappa shape index (κ1) is 15.8. The van der Waals surface area contributed by atoms with Crippen molar-refractivity contribution in [3.05, 3.63) is 53.2 Å². The predicted octanol–water partition coefficient (Wildman–Crippen LogP) is 3.58. The minimum Gasteiger partial charge on any atom is -0.381 e. The molecule has 0 bridgehead atoms. The Labute approximate surface area is 140 Å². The van der Waals surface area contributed by atoms with Crippen LogP contribution in [0.15, 0.2) is 42.6 Å². The highest BCUT2D eigenvalue weighted by molar-refractivity contribution is 6.31. The molecule has 0 spiro atoms. The van der Waals surface area contributed by atoms with Crippen LogP contribution in [-0.2, 0) is 4.74 Å². The Kier molecular flexibility index (Phi) is 5.10. The smallest absolute Gasteiger partial charge is 0.256 e. The Balaban J connectivity index is 1.55. The number of rotatable bonds is 5. The van der Waals surface area contributed by atoms with E-state index in [-0.39, 0.29) is 12.0 Å². The van der Waals surface area contributed by atoms with Crippen molar-refractivity contribution in [1.82, 2.24) is 4.98 Å². The highest BCUT2D eigenvalue weighted by atomic mass is 35.5. The van der Waals surface area contributed by atoms with E-state index in [9.17, 15) is 4.79 Å². The molecule has 120 valence electrons. The van der Waals surface area contributed by atoms with Crippen LogP contribution in [0.4, 0.5) is 11.5 Å². The maximum Gasteiger partial charge on any atom is 0.256 e. The molecular weight excluding hydrogens is 314 g/mol. The Morgan fingerprint density at radius 3 is 2.96 bits per heavy atom. The maximum absolute atomic E-state index is 12.1. The van der Waals surface area contributed by atoms with E-state index >= 15 is 0 Å². The summed E-state index contributed by atoms with van der Waals surface area (Å²) in [7, 11) is 0. The molecule has 1 atom stereocenters. The normalized spacial score (nSPS) is 17.0. The van der Waals surface area contributed by atoms with Gasteiger partial charge in [-0.2, -0.15) is 0 Å². The summed E-state index contributed by atoms with van der Waals surface area (Å²) in [5.41, 5.74) is 1.40. The monoisotopic (exact) mass is 331 g/mol. The second-order valence-electron chi connectivity index (χ2n) is 5.41. The van der Waals surface area contributed by atoms with E-state index in [0.29, 0.717) is 16.4 Å². The van der Waals surface area contributed by atoms with Gasteiger partial charge in [-0.1, -0.05) is 17.7 Å². The molecule has 1 aliphatic heterocycles. The number of benzene rings is 1. The van der Waals surface area contributed by atoms with Crippen LogP contribution in [0.3, 0.4) is 0 Å². The van der Waals surface area contributed by atoms with E-state index in [1.165, 1.54) is 0 Å². The summed E-state index contributed by atoms with van der Waals surface area (Å²) in [5, 5.41) is 6.56. The molecule has 1 unspecified atom stereocenters.